The van der Waals surface area contributed by atoms with E-state index in [0.29, 0.717) is 0 Å². The van der Waals surface area contributed by atoms with Gasteiger partial charge in [0, 0.05) is 29.3 Å². The molecule has 2 heterocycles. The highest BCUT2D eigenvalue weighted by molar-refractivity contribution is 5.29. The summed E-state index contributed by atoms with van der Waals surface area (Å²) in [7, 11) is 0. The zero-order chi connectivity index (χ0) is 13.3. The molecule has 1 N–H and O–H groups in total. The normalized spacial score (nSPS) is 22.2. The van der Waals surface area contributed by atoms with Gasteiger partial charge >= 0.3 is 0 Å². The summed E-state index contributed by atoms with van der Waals surface area (Å²) in [5.74, 6) is 0. The van der Waals surface area contributed by atoms with E-state index in [-0.39, 0.29) is 5.54 Å². The molecule has 0 fully saturated rings. The Balaban J connectivity index is 2.19. The topological polar surface area (TPSA) is 18.5 Å². The van der Waals surface area contributed by atoms with E-state index >= 15 is 0 Å². The summed E-state index contributed by atoms with van der Waals surface area (Å²) in [5, 5.41) is 3.25. The number of nitrogens with one attached hydrogen (secondary N) is 1. The minimum Gasteiger partial charge on any atom is -0.361 e. The highest BCUT2D eigenvalue weighted by Crippen LogP contribution is 2.30. The van der Waals surface area contributed by atoms with Crippen molar-refractivity contribution in [3.05, 3.63) is 47.7 Å². The van der Waals surface area contributed by atoms with Gasteiger partial charge in [0.15, 0.2) is 0 Å². The van der Waals surface area contributed by atoms with Gasteiger partial charge in [-0.15, -0.1) is 0 Å². The molecule has 0 aliphatic carbocycles. The molecular formula is C15H23N3. The lowest BCUT2D eigenvalue weighted by Crippen LogP contribution is -2.40. The van der Waals surface area contributed by atoms with Crippen LogP contribution in [0.2, 0.25) is 0 Å². The van der Waals surface area contributed by atoms with Crippen molar-refractivity contribution in [1.82, 2.24) is 15.1 Å². The first-order chi connectivity index (χ1) is 8.39. The zero-order valence-corrected chi connectivity index (χ0v) is 12.0. The van der Waals surface area contributed by atoms with Crippen molar-refractivity contribution in [1.29, 1.82) is 0 Å². The molecule has 3 nitrogen and oxygen atoms in total. The molecule has 2 aliphatic heterocycles. The Morgan fingerprint density at radius 2 is 1.89 bits per heavy atom. The van der Waals surface area contributed by atoms with Gasteiger partial charge in [-0.2, -0.15) is 0 Å². The molecule has 98 valence electrons. The predicted octanol–water partition coefficient (Wildman–Crippen LogP) is 3.13. The first kappa shape index (κ1) is 12.8. The highest BCUT2D eigenvalue weighted by atomic mass is 15.4. The van der Waals surface area contributed by atoms with Crippen LogP contribution in [0.25, 0.3) is 0 Å². The maximum Gasteiger partial charge on any atom is 0.0946 e. The lowest BCUT2D eigenvalue weighted by atomic mass is 10.1. The number of rotatable bonds is 1. The van der Waals surface area contributed by atoms with Gasteiger partial charge in [-0.05, 0) is 46.8 Å². The maximum atomic E-state index is 3.25. The Labute approximate surface area is 110 Å². The lowest BCUT2D eigenvalue weighted by molar-refractivity contribution is 0.165. The zero-order valence-electron chi connectivity index (χ0n) is 12.0. The largest absolute Gasteiger partial charge is 0.361 e. The molecule has 0 spiro atoms. The van der Waals surface area contributed by atoms with Gasteiger partial charge in [-0.3, -0.25) is 0 Å². The van der Waals surface area contributed by atoms with Crippen LogP contribution in [0.3, 0.4) is 0 Å². The standard InChI is InChI=1S/C15H23N3/c1-12-13(2)18(15(3,4)5)11-17(12)10-14-8-6-7-9-16-14/h6-10,16H,11H2,1-5H3/b14-10-. The Morgan fingerprint density at radius 3 is 2.39 bits per heavy atom. The van der Waals surface area contributed by atoms with Crippen molar-refractivity contribution in [2.45, 2.75) is 40.2 Å². The summed E-state index contributed by atoms with van der Waals surface area (Å²) in [6.07, 6.45) is 10.3. The van der Waals surface area contributed by atoms with Crippen LogP contribution in [-0.2, 0) is 0 Å². The van der Waals surface area contributed by atoms with Crippen molar-refractivity contribution in [2.24, 2.45) is 0 Å². The minimum absolute atomic E-state index is 0.161. The molecule has 0 atom stereocenters. The fourth-order valence-corrected chi connectivity index (χ4v) is 2.28. The molecule has 3 heteroatoms. The number of allylic oxidation sites excluding steroid dienone is 5. The third-order valence-electron chi connectivity index (χ3n) is 3.49. The van der Waals surface area contributed by atoms with Crippen molar-refractivity contribution < 1.29 is 0 Å². The van der Waals surface area contributed by atoms with E-state index in [1.54, 1.807) is 0 Å². The molecular weight excluding hydrogens is 222 g/mol. The second kappa shape index (κ2) is 4.56. The molecule has 0 aromatic carbocycles. The summed E-state index contributed by atoms with van der Waals surface area (Å²) >= 11 is 0. The summed E-state index contributed by atoms with van der Waals surface area (Å²) in [5.41, 5.74) is 3.96. The fourth-order valence-electron chi connectivity index (χ4n) is 2.28. The molecule has 2 rings (SSSR count). The molecule has 0 aromatic rings. The van der Waals surface area contributed by atoms with E-state index in [1.807, 2.05) is 18.4 Å². The number of dihydropyridines is 1. The quantitative estimate of drug-likeness (QED) is 0.765. The third-order valence-corrected chi connectivity index (χ3v) is 3.49. The van der Waals surface area contributed by atoms with Crippen LogP contribution in [0.4, 0.5) is 0 Å². The molecule has 0 aromatic heterocycles. The molecule has 2 aliphatic rings. The second-order valence-electron chi connectivity index (χ2n) is 5.83. The molecule has 0 saturated heterocycles. The van der Waals surface area contributed by atoms with Crippen LogP contribution >= 0.6 is 0 Å². The van der Waals surface area contributed by atoms with Gasteiger partial charge in [0.2, 0.25) is 0 Å². The van der Waals surface area contributed by atoms with E-state index in [4.69, 9.17) is 0 Å². The van der Waals surface area contributed by atoms with Crippen molar-refractivity contribution in [3.63, 3.8) is 0 Å². The highest BCUT2D eigenvalue weighted by Gasteiger charge is 2.30. The van der Waals surface area contributed by atoms with Gasteiger partial charge in [0.25, 0.3) is 0 Å². The molecule has 0 amide bonds. The van der Waals surface area contributed by atoms with Gasteiger partial charge in [-0.1, -0.05) is 6.08 Å². The van der Waals surface area contributed by atoms with Crippen LogP contribution in [0, 0.1) is 0 Å². The smallest absolute Gasteiger partial charge is 0.0946 e. The summed E-state index contributed by atoms with van der Waals surface area (Å²) in [4.78, 5) is 4.73. The minimum atomic E-state index is 0.161. The van der Waals surface area contributed by atoms with E-state index in [9.17, 15) is 0 Å². The average molecular weight is 245 g/mol. The van der Waals surface area contributed by atoms with Crippen LogP contribution in [-0.4, -0.2) is 22.0 Å². The first-order valence-electron chi connectivity index (χ1n) is 6.43. The van der Waals surface area contributed by atoms with Gasteiger partial charge in [0.05, 0.1) is 12.4 Å². The third kappa shape index (κ3) is 2.45. The predicted molar refractivity (Wildman–Crippen MR) is 76.2 cm³/mol. The fraction of sp³-hybridized carbons (Fsp3) is 0.467. The Kier molecular flexibility index (Phi) is 3.24. The average Bonchev–Trinajstić information content (AvgIpc) is 2.58. The first-order valence-corrected chi connectivity index (χ1v) is 6.43. The number of nitrogens with zero attached hydrogens (tertiary/aromatic N) is 2. The van der Waals surface area contributed by atoms with E-state index < -0.39 is 0 Å². The molecule has 18 heavy (non-hydrogen) atoms. The second-order valence-corrected chi connectivity index (χ2v) is 5.83. The summed E-state index contributed by atoms with van der Waals surface area (Å²) in [6.45, 7) is 12.1. The number of hydrogen-bond acceptors (Lipinski definition) is 3. The Bertz CT molecular complexity index is 447. The number of hydrogen-bond donors (Lipinski definition) is 1. The SMILES string of the molecule is CC1=C(C)N(C(C)(C)C)CN1/C=C1/C=CC=CN1. The van der Waals surface area contributed by atoms with Crippen LogP contribution in [0.15, 0.2) is 47.7 Å². The Morgan fingerprint density at radius 1 is 1.17 bits per heavy atom. The lowest BCUT2D eigenvalue weighted by Gasteiger charge is -2.35. The van der Waals surface area contributed by atoms with Crippen molar-refractivity contribution in [3.8, 4) is 0 Å². The molecule has 0 unspecified atom stereocenters. The molecule has 0 bridgehead atoms. The van der Waals surface area contributed by atoms with Gasteiger partial charge in [-0.25, -0.2) is 0 Å². The summed E-state index contributed by atoms with van der Waals surface area (Å²) < 4.78 is 0. The van der Waals surface area contributed by atoms with Crippen molar-refractivity contribution >= 4 is 0 Å². The molecule has 0 radical (unpaired) electrons. The van der Waals surface area contributed by atoms with E-state index in [1.165, 1.54) is 11.4 Å². The van der Waals surface area contributed by atoms with Gasteiger partial charge in [0.1, 0.15) is 0 Å². The monoisotopic (exact) mass is 245 g/mol. The van der Waals surface area contributed by atoms with Crippen LogP contribution in [0.5, 0.6) is 0 Å². The maximum absolute atomic E-state index is 3.25. The van der Waals surface area contributed by atoms with Gasteiger partial charge < -0.3 is 15.1 Å². The Hall–Kier alpha value is -1.64. The van der Waals surface area contributed by atoms with E-state index in [0.717, 1.165) is 12.4 Å². The molecule has 0 saturated carbocycles. The van der Waals surface area contributed by atoms with E-state index in [2.05, 4.69) is 62.0 Å². The van der Waals surface area contributed by atoms with Crippen LogP contribution < -0.4 is 5.32 Å². The summed E-state index contributed by atoms with van der Waals surface area (Å²) in [6, 6.07) is 0. The van der Waals surface area contributed by atoms with Crippen LogP contribution in [0.1, 0.15) is 34.6 Å². The van der Waals surface area contributed by atoms with Crippen molar-refractivity contribution in [2.75, 3.05) is 6.67 Å².